The number of para-hydroxylation sites is 1. The van der Waals surface area contributed by atoms with E-state index in [1.165, 1.54) is 5.56 Å². The van der Waals surface area contributed by atoms with E-state index in [0.717, 1.165) is 12.1 Å². The van der Waals surface area contributed by atoms with Gasteiger partial charge in [-0.3, -0.25) is 4.79 Å². The molecular formula is C18H24N4O. The Labute approximate surface area is 137 Å². The third kappa shape index (κ3) is 4.52. The van der Waals surface area contributed by atoms with E-state index in [1.54, 1.807) is 12.1 Å². The molecule has 23 heavy (non-hydrogen) atoms. The molecule has 1 aromatic heterocycles. The van der Waals surface area contributed by atoms with Gasteiger partial charge >= 0.3 is 0 Å². The number of nitrogens with one attached hydrogen (secondary N) is 2. The predicted molar refractivity (Wildman–Crippen MR) is 93.1 cm³/mol. The van der Waals surface area contributed by atoms with Crippen molar-refractivity contribution in [2.45, 2.75) is 39.5 Å². The third-order valence-corrected chi connectivity index (χ3v) is 3.43. The number of nitrogens with zero attached hydrogens (tertiary/aromatic N) is 2. The molecule has 0 bridgehead atoms. The maximum Gasteiger partial charge on any atom is 0.271 e. The second-order valence-electron chi connectivity index (χ2n) is 6.48. The number of rotatable bonds is 5. The molecule has 1 heterocycles. The van der Waals surface area contributed by atoms with Gasteiger partial charge < -0.3 is 10.6 Å². The van der Waals surface area contributed by atoms with E-state index in [0.29, 0.717) is 18.1 Å². The van der Waals surface area contributed by atoms with Crippen molar-refractivity contribution in [2.24, 2.45) is 0 Å². The predicted octanol–water partition coefficient (Wildman–Crippen LogP) is 3.66. The third-order valence-electron chi connectivity index (χ3n) is 3.43. The van der Waals surface area contributed by atoms with Gasteiger partial charge in [-0.25, -0.2) is 0 Å². The van der Waals surface area contributed by atoms with Crippen LogP contribution in [-0.2, 0) is 5.41 Å². The first-order valence-electron chi connectivity index (χ1n) is 7.90. The molecule has 2 aromatic rings. The van der Waals surface area contributed by atoms with E-state index in [2.05, 4.69) is 47.7 Å². The van der Waals surface area contributed by atoms with E-state index < -0.39 is 0 Å². The fourth-order valence-corrected chi connectivity index (χ4v) is 2.23. The summed E-state index contributed by atoms with van der Waals surface area (Å²) in [6.07, 6.45) is 0.891. The molecular weight excluding hydrogens is 288 g/mol. The lowest BCUT2D eigenvalue weighted by molar-refractivity contribution is 0.0947. The van der Waals surface area contributed by atoms with Crippen LogP contribution >= 0.6 is 0 Å². The molecule has 0 spiro atoms. The van der Waals surface area contributed by atoms with E-state index in [-0.39, 0.29) is 11.3 Å². The Kier molecular flexibility index (Phi) is 5.32. The molecule has 0 fully saturated rings. The smallest absolute Gasteiger partial charge is 0.271 e. The van der Waals surface area contributed by atoms with Crippen LogP contribution in [0.3, 0.4) is 0 Å². The van der Waals surface area contributed by atoms with Crippen LogP contribution in [0.25, 0.3) is 0 Å². The van der Waals surface area contributed by atoms with Crippen molar-refractivity contribution < 1.29 is 4.79 Å². The van der Waals surface area contributed by atoms with Crippen LogP contribution in [0.15, 0.2) is 36.4 Å². The summed E-state index contributed by atoms with van der Waals surface area (Å²) in [5.41, 5.74) is 2.55. The number of anilines is 2. The van der Waals surface area contributed by atoms with Gasteiger partial charge in [0.1, 0.15) is 0 Å². The SMILES string of the molecule is CCCNC(=O)c1ccc(Nc2ccccc2C(C)(C)C)nn1. The molecule has 0 saturated heterocycles. The van der Waals surface area contributed by atoms with Crippen molar-refractivity contribution in [1.29, 1.82) is 0 Å². The number of amides is 1. The summed E-state index contributed by atoms with van der Waals surface area (Å²) in [6.45, 7) is 9.15. The van der Waals surface area contributed by atoms with Gasteiger partial charge in [0.05, 0.1) is 0 Å². The fraction of sp³-hybridized carbons (Fsp3) is 0.389. The van der Waals surface area contributed by atoms with Gasteiger partial charge in [-0.05, 0) is 35.6 Å². The summed E-state index contributed by atoms with van der Waals surface area (Å²) in [5.74, 6) is 0.426. The molecule has 0 saturated carbocycles. The normalized spacial score (nSPS) is 11.1. The molecule has 5 heteroatoms. The Morgan fingerprint density at radius 3 is 2.43 bits per heavy atom. The Bertz CT molecular complexity index is 659. The molecule has 1 aromatic carbocycles. The number of hydrogen-bond acceptors (Lipinski definition) is 4. The Morgan fingerprint density at radius 2 is 1.83 bits per heavy atom. The minimum Gasteiger partial charge on any atom is -0.351 e. The standard InChI is InChI=1S/C18H24N4O/c1-5-12-19-17(23)15-10-11-16(22-21-15)20-14-9-7-6-8-13(14)18(2,3)4/h6-11H,5,12H2,1-4H3,(H,19,23)(H,20,22). The number of hydrogen-bond donors (Lipinski definition) is 2. The monoisotopic (exact) mass is 312 g/mol. The van der Waals surface area contributed by atoms with E-state index in [4.69, 9.17) is 0 Å². The second-order valence-corrected chi connectivity index (χ2v) is 6.48. The van der Waals surface area contributed by atoms with Gasteiger partial charge in [-0.15, -0.1) is 10.2 Å². The molecule has 0 aliphatic rings. The van der Waals surface area contributed by atoms with Gasteiger partial charge in [0, 0.05) is 12.2 Å². The fourth-order valence-electron chi connectivity index (χ4n) is 2.23. The molecule has 1 amide bonds. The molecule has 5 nitrogen and oxygen atoms in total. The first kappa shape index (κ1) is 16.9. The first-order chi connectivity index (χ1) is 10.9. The van der Waals surface area contributed by atoms with Crippen LogP contribution < -0.4 is 10.6 Å². The van der Waals surface area contributed by atoms with Crippen LogP contribution in [0.5, 0.6) is 0 Å². The van der Waals surface area contributed by atoms with Crippen LogP contribution in [0.1, 0.15) is 50.2 Å². The highest BCUT2D eigenvalue weighted by molar-refractivity contribution is 5.92. The lowest BCUT2D eigenvalue weighted by Gasteiger charge is -2.23. The van der Waals surface area contributed by atoms with E-state index >= 15 is 0 Å². The van der Waals surface area contributed by atoms with Gasteiger partial charge in [0.15, 0.2) is 11.5 Å². The van der Waals surface area contributed by atoms with E-state index in [1.807, 2.05) is 25.1 Å². The molecule has 2 N–H and O–H groups in total. The highest BCUT2D eigenvalue weighted by Gasteiger charge is 2.17. The number of carbonyl (C=O) groups excluding carboxylic acids is 1. The van der Waals surface area contributed by atoms with Gasteiger partial charge in [0.25, 0.3) is 5.91 Å². The van der Waals surface area contributed by atoms with Gasteiger partial charge in [-0.2, -0.15) is 0 Å². The summed E-state index contributed by atoms with van der Waals surface area (Å²) >= 11 is 0. The summed E-state index contributed by atoms with van der Waals surface area (Å²) in [5, 5.41) is 14.2. The Balaban J connectivity index is 2.15. The summed E-state index contributed by atoms with van der Waals surface area (Å²) in [4.78, 5) is 11.8. The summed E-state index contributed by atoms with van der Waals surface area (Å²) in [7, 11) is 0. The minimum atomic E-state index is -0.194. The van der Waals surface area contributed by atoms with Crippen LogP contribution in [0.4, 0.5) is 11.5 Å². The Hall–Kier alpha value is -2.43. The lowest BCUT2D eigenvalue weighted by atomic mass is 9.86. The molecule has 0 aliphatic heterocycles. The minimum absolute atomic E-state index is 0.0248. The average molecular weight is 312 g/mol. The van der Waals surface area contributed by atoms with Crippen molar-refractivity contribution in [3.05, 3.63) is 47.7 Å². The number of carbonyl (C=O) groups is 1. The Morgan fingerprint density at radius 1 is 1.09 bits per heavy atom. The summed E-state index contributed by atoms with van der Waals surface area (Å²) in [6, 6.07) is 11.6. The molecule has 0 unspecified atom stereocenters. The van der Waals surface area contributed by atoms with Crippen molar-refractivity contribution in [3.8, 4) is 0 Å². The van der Waals surface area contributed by atoms with Crippen molar-refractivity contribution in [2.75, 3.05) is 11.9 Å². The quantitative estimate of drug-likeness (QED) is 0.884. The molecule has 0 radical (unpaired) electrons. The van der Waals surface area contributed by atoms with Crippen LogP contribution in [0, 0.1) is 0 Å². The van der Waals surface area contributed by atoms with Gasteiger partial charge in [0.2, 0.25) is 0 Å². The lowest BCUT2D eigenvalue weighted by Crippen LogP contribution is -2.25. The molecule has 2 rings (SSSR count). The van der Waals surface area contributed by atoms with Crippen molar-refractivity contribution in [1.82, 2.24) is 15.5 Å². The zero-order valence-corrected chi connectivity index (χ0v) is 14.2. The van der Waals surface area contributed by atoms with Gasteiger partial charge in [-0.1, -0.05) is 45.9 Å². The largest absolute Gasteiger partial charge is 0.351 e. The van der Waals surface area contributed by atoms with E-state index in [9.17, 15) is 4.79 Å². The number of aromatic nitrogens is 2. The summed E-state index contributed by atoms with van der Waals surface area (Å²) < 4.78 is 0. The van der Waals surface area contributed by atoms with Crippen LogP contribution in [0.2, 0.25) is 0 Å². The van der Waals surface area contributed by atoms with Crippen molar-refractivity contribution >= 4 is 17.4 Å². The first-order valence-corrected chi connectivity index (χ1v) is 7.90. The highest BCUT2D eigenvalue weighted by atomic mass is 16.1. The zero-order valence-electron chi connectivity index (χ0n) is 14.2. The van der Waals surface area contributed by atoms with Crippen LogP contribution in [-0.4, -0.2) is 22.6 Å². The second kappa shape index (κ2) is 7.22. The molecule has 0 atom stereocenters. The van der Waals surface area contributed by atoms with Crippen molar-refractivity contribution in [3.63, 3.8) is 0 Å². The maximum absolute atomic E-state index is 11.8. The maximum atomic E-state index is 11.8. The topological polar surface area (TPSA) is 66.9 Å². The number of benzene rings is 1. The average Bonchev–Trinajstić information content (AvgIpc) is 2.53. The molecule has 0 aliphatic carbocycles. The zero-order chi connectivity index (χ0) is 16.9. The molecule has 122 valence electrons. The highest BCUT2D eigenvalue weighted by Crippen LogP contribution is 2.30.